The van der Waals surface area contributed by atoms with Crippen molar-refractivity contribution >= 4 is 68.7 Å². The van der Waals surface area contributed by atoms with Gasteiger partial charge in [0.25, 0.3) is 11.8 Å². The largest absolute Gasteiger partial charge is 0.488 e. The number of benzene rings is 3. The van der Waals surface area contributed by atoms with Crippen LogP contribution in [-0.2, 0) is 21.6 Å². The summed E-state index contributed by atoms with van der Waals surface area (Å²) in [5.74, 6) is 1.45. The molecule has 9 heteroatoms. The average molecular weight is 680 g/mol. The molecule has 3 aromatic rings. The predicted molar refractivity (Wildman–Crippen MR) is 170 cm³/mol. The van der Waals surface area contributed by atoms with E-state index in [1.54, 1.807) is 36.4 Å². The molecule has 4 amide bonds. The molecule has 4 saturated carbocycles. The van der Waals surface area contributed by atoms with Gasteiger partial charge in [-0.15, -0.1) is 0 Å². The zero-order valence-corrected chi connectivity index (χ0v) is 26.3. The molecule has 0 unspecified atom stereocenters. The van der Waals surface area contributed by atoms with Gasteiger partial charge >= 0.3 is 6.03 Å². The number of ether oxygens (including phenoxy) is 1. The fourth-order valence-corrected chi connectivity index (χ4v) is 8.73. The third kappa shape index (κ3) is 5.41. The Morgan fingerprint density at radius 2 is 1.56 bits per heavy atom. The lowest BCUT2D eigenvalue weighted by atomic mass is 9.48. The lowest BCUT2D eigenvalue weighted by molar-refractivity contribution is -0.122. The zero-order chi connectivity index (χ0) is 29.9. The van der Waals surface area contributed by atoms with Crippen molar-refractivity contribution in [3.8, 4) is 5.75 Å². The van der Waals surface area contributed by atoms with Crippen LogP contribution in [0.15, 0.2) is 70.7 Å². The first kappa shape index (κ1) is 28.6. The lowest BCUT2D eigenvalue weighted by Crippen LogP contribution is -2.54. The van der Waals surface area contributed by atoms with Gasteiger partial charge in [0.2, 0.25) is 0 Å². The fourth-order valence-electron chi connectivity index (χ4n) is 8.03. The van der Waals surface area contributed by atoms with Crippen molar-refractivity contribution in [3.05, 3.63) is 97.4 Å². The molecule has 6 nitrogen and oxygen atoms in total. The van der Waals surface area contributed by atoms with Gasteiger partial charge in [-0.1, -0.05) is 57.3 Å². The molecule has 5 fully saturated rings. The molecular weight excluding hydrogens is 651 g/mol. The second-order valence-electron chi connectivity index (χ2n) is 12.4. The van der Waals surface area contributed by atoms with Gasteiger partial charge < -0.3 is 4.74 Å². The van der Waals surface area contributed by atoms with E-state index in [0.717, 1.165) is 32.7 Å². The molecule has 4 bridgehead atoms. The number of halogens is 3. The molecule has 3 aromatic carbocycles. The van der Waals surface area contributed by atoms with Crippen molar-refractivity contribution in [2.75, 3.05) is 4.90 Å². The summed E-state index contributed by atoms with van der Waals surface area (Å²) in [5, 5.41) is 3.20. The first-order valence-corrected chi connectivity index (χ1v) is 16.1. The van der Waals surface area contributed by atoms with Crippen molar-refractivity contribution in [1.82, 2.24) is 5.32 Å². The maximum atomic E-state index is 13.7. The second kappa shape index (κ2) is 11.1. The first-order valence-electron chi connectivity index (χ1n) is 14.6. The van der Waals surface area contributed by atoms with Crippen LogP contribution in [0.3, 0.4) is 0 Å². The summed E-state index contributed by atoms with van der Waals surface area (Å²) in [6.07, 6.45) is 9.23. The van der Waals surface area contributed by atoms with Gasteiger partial charge in [0, 0.05) is 10.0 Å². The number of hydrogen-bond donors (Lipinski definition) is 1. The van der Waals surface area contributed by atoms with E-state index in [4.69, 9.17) is 27.9 Å². The monoisotopic (exact) mass is 678 g/mol. The third-order valence-electron chi connectivity index (χ3n) is 9.53. The summed E-state index contributed by atoms with van der Waals surface area (Å²) < 4.78 is 6.78. The van der Waals surface area contributed by atoms with Gasteiger partial charge in [0.15, 0.2) is 0 Å². The van der Waals surface area contributed by atoms with Gasteiger partial charge in [0.1, 0.15) is 17.9 Å². The number of nitrogens with zero attached hydrogens (tertiary/aromatic N) is 1. The summed E-state index contributed by atoms with van der Waals surface area (Å²) in [7, 11) is 0. The average Bonchev–Trinajstić information content (AvgIpc) is 2.96. The van der Waals surface area contributed by atoms with E-state index in [0.29, 0.717) is 27.0 Å². The minimum atomic E-state index is -0.764. The number of barbiturate groups is 1. The third-order valence-corrected chi connectivity index (χ3v) is 10.8. The molecule has 8 rings (SSSR count). The number of urea groups is 1. The minimum Gasteiger partial charge on any atom is -0.488 e. The van der Waals surface area contributed by atoms with Crippen LogP contribution in [0.5, 0.6) is 5.75 Å². The Morgan fingerprint density at radius 3 is 2.21 bits per heavy atom. The quantitative estimate of drug-likeness (QED) is 0.210. The molecule has 0 atom stereocenters. The number of imide groups is 2. The molecule has 43 heavy (non-hydrogen) atoms. The summed E-state index contributed by atoms with van der Waals surface area (Å²) in [5.41, 5.74) is 3.07. The summed E-state index contributed by atoms with van der Waals surface area (Å²) >= 11 is 15.6. The van der Waals surface area contributed by atoms with Crippen LogP contribution in [0.1, 0.15) is 55.2 Å². The Balaban J connectivity index is 1.15. The van der Waals surface area contributed by atoms with Gasteiger partial charge in [0.05, 0.1) is 15.7 Å². The van der Waals surface area contributed by atoms with Gasteiger partial charge in [-0.25, -0.2) is 9.69 Å². The summed E-state index contributed by atoms with van der Waals surface area (Å²) in [4.78, 5) is 40.6. The lowest BCUT2D eigenvalue weighted by Gasteiger charge is -2.57. The SMILES string of the molecule is O=C1NC(=O)N(c2ccc(C34CC5CC(CC(C5)C3)C4)cc2)C(=O)/C1=C/c1cc(Br)ccc1OCc1ccc(Cl)c(Cl)c1. The van der Waals surface area contributed by atoms with E-state index in [2.05, 4.69) is 33.4 Å². The van der Waals surface area contributed by atoms with E-state index in [1.165, 1.54) is 50.2 Å². The molecule has 0 radical (unpaired) electrons. The Bertz CT molecular complexity index is 1650. The number of nitrogens with one attached hydrogen (secondary N) is 1. The van der Waals surface area contributed by atoms with Crippen molar-refractivity contribution in [1.29, 1.82) is 0 Å². The van der Waals surface area contributed by atoms with E-state index in [1.807, 2.05) is 12.1 Å². The van der Waals surface area contributed by atoms with Crippen LogP contribution in [0.25, 0.3) is 6.08 Å². The molecule has 0 spiro atoms. The number of hydrogen-bond acceptors (Lipinski definition) is 4. The molecule has 5 aliphatic rings. The highest BCUT2D eigenvalue weighted by atomic mass is 79.9. The zero-order valence-electron chi connectivity index (χ0n) is 23.2. The van der Waals surface area contributed by atoms with Crippen LogP contribution in [0.2, 0.25) is 10.0 Å². The summed E-state index contributed by atoms with van der Waals surface area (Å²) in [6, 6.07) is 17.6. The van der Waals surface area contributed by atoms with Crippen LogP contribution >= 0.6 is 39.1 Å². The second-order valence-corrected chi connectivity index (χ2v) is 14.2. The van der Waals surface area contributed by atoms with Gasteiger partial charge in [-0.05, 0) is 121 Å². The standard InChI is InChI=1S/C34H29BrCl2N2O4/c35-25-4-8-30(43-18-19-1-7-28(36)29(37)12-19)23(13-25)14-27-31(40)38-33(42)39(32(27)41)26-5-2-24(3-6-26)34-15-20-9-21(16-34)11-22(10-20)17-34/h1-8,12-14,20-22H,9-11,15-18H2,(H,38,40,42)/b27-14+. The van der Waals surface area contributed by atoms with E-state index in [9.17, 15) is 14.4 Å². The highest BCUT2D eigenvalue weighted by Gasteiger charge is 2.51. The Morgan fingerprint density at radius 1 is 0.884 bits per heavy atom. The fraction of sp³-hybridized carbons (Fsp3) is 0.324. The van der Waals surface area contributed by atoms with E-state index < -0.39 is 17.8 Å². The highest BCUT2D eigenvalue weighted by Crippen LogP contribution is 2.60. The number of amides is 4. The molecule has 1 aliphatic heterocycles. The highest BCUT2D eigenvalue weighted by molar-refractivity contribution is 9.10. The van der Waals surface area contributed by atoms with Crippen LogP contribution in [0.4, 0.5) is 10.5 Å². The van der Waals surface area contributed by atoms with E-state index in [-0.39, 0.29) is 17.6 Å². The van der Waals surface area contributed by atoms with E-state index >= 15 is 0 Å². The number of rotatable bonds is 6. The maximum absolute atomic E-state index is 13.7. The van der Waals surface area contributed by atoms with Crippen LogP contribution < -0.4 is 15.0 Å². The first-order chi connectivity index (χ1) is 20.7. The van der Waals surface area contributed by atoms with Crippen molar-refractivity contribution in [3.63, 3.8) is 0 Å². The Kier molecular flexibility index (Phi) is 7.39. The number of carbonyl (C=O) groups excluding carboxylic acids is 3. The minimum absolute atomic E-state index is 0.165. The number of anilines is 1. The van der Waals surface area contributed by atoms with Crippen molar-refractivity contribution in [2.24, 2.45) is 17.8 Å². The topological polar surface area (TPSA) is 75.7 Å². The smallest absolute Gasteiger partial charge is 0.335 e. The molecule has 1 saturated heterocycles. The molecule has 4 aliphatic carbocycles. The predicted octanol–water partition coefficient (Wildman–Crippen LogP) is 8.47. The van der Waals surface area contributed by atoms with Crippen LogP contribution in [-0.4, -0.2) is 17.8 Å². The van der Waals surface area contributed by atoms with Crippen molar-refractivity contribution in [2.45, 2.75) is 50.5 Å². The van der Waals surface area contributed by atoms with Gasteiger partial charge in [-0.3, -0.25) is 14.9 Å². The molecule has 1 heterocycles. The summed E-state index contributed by atoms with van der Waals surface area (Å²) in [6.45, 7) is 0.190. The molecule has 1 N–H and O–H groups in total. The maximum Gasteiger partial charge on any atom is 0.335 e. The Labute approximate surface area is 268 Å². The van der Waals surface area contributed by atoms with Gasteiger partial charge in [-0.2, -0.15) is 0 Å². The molecule has 0 aromatic heterocycles. The molecule has 220 valence electrons. The Hall–Kier alpha value is -3.13. The normalized spacial score (nSPS) is 27.1. The molecular formula is C34H29BrCl2N2O4. The van der Waals surface area contributed by atoms with Crippen molar-refractivity contribution < 1.29 is 19.1 Å². The van der Waals surface area contributed by atoms with Crippen LogP contribution in [0, 0.1) is 17.8 Å². The number of carbonyl (C=O) groups is 3.